The van der Waals surface area contributed by atoms with Gasteiger partial charge in [-0.2, -0.15) is 0 Å². The standard InChI is InChI=1S/C21H38N4O2/c1-24(2)20(26)15-22-21(23-18-9-5-6-10-18)25-13-11-19(12-14-25)27-16-17-7-3-4-8-17/h17-19H,3-16H2,1-2H3,(H,22,23). The van der Waals surface area contributed by atoms with Crippen LogP contribution in [-0.2, 0) is 9.53 Å². The fourth-order valence-electron chi connectivity index (χ4n) is 4.46. The number of ether oxygens (including phenoxy) is 1. The zero-order valence-electron chi connectivity index (χ0n) is 17.3. The van der Waals surface area contributed by atoms with Crippen LogP contribution in [0.2, 0.25) is 0 Å². The number of nitrogens with one attached hydrogen (secondary N) is 1. The van der Waals surface area contributed by atoms with E-state index in [4.69, 9.17) is 4.74 Å². The summed E-state index contributed by atoms with van der Waals surface area (Å²) in [6.45, 7) is 3.09. The second kappa shape index (κ2) is 10.3. The molecule has 6 nitrogen and oxygen atoms in total. The predicted molar refractivity (Wildman–Crippen MR) is 109 cm³/mol. The highest BCUT2D eigenvalue weighted by molar-refractivity contribution is 5.85. The molecule has 0 atom stereocenters. The first-order valence-corrected chi connectivity index (χ1v) is 11.0. The molecule has 27 heavy (non-hydrogen) atoms. The maximum atomic E-state index is 12.0. The molecule has 6 heteroatoms. The molecule has 3 rings (SSSR count). The van der Waals surface area contributed by atoms with E-state index in [-0.39, 0.29) is 12.5 Å². The minimum absolute atomic E-state index is 0.0514. The molecule has 0 aromatic carbocycles. The molecule has 154 valence electrons. The van der Waals surface area contributed by atoms with E-state index < -0.39 is 0 Å². The highest BCUT2D eigenvalue weighted by Gasteiger charge is 2.26. The Balaban J connectivity index is 1.49. The predicted octanol–water partition coefficient (Wildman–Crippen LogP) is 2.63. The number of guanidine groups is 1. The summed E-state index contributed by atoms with van der Waals surface area (Å²) in [5, 5.41) is 3.64. The minimum atomic E-state index is 0.0514. The van der Waals surface area contributed by atoms with Crippen LogP contribution in [0.3, 0.4) is 0 Å². The number of rotatable bonds is 6. The molecule has 1 saturated heterocycles. The number of amides is 1. The molecule has 2 aliphatic carbocycles. The van der Waals surface area contributed by atoms with Gasteiger partial charge in [-0.1, -0.05) is 25.7 Å². The average molecular weight is 379 g/mol. The van der Waals surface area contributed by atoms with Gasteiger partial charge in [-0.25, -0.2) is 4.99 Å². The molecule has 0 spiro atoms. The quantitative estimate of drug-likeness (QED) is 0.570. The largest absolute Gasteiger partial charge is 0.378 e. The molecule has 1 amide bonds. The Bertz CT molecular complexity index is 488. The van der Waals surface area contributed by atoms with Crippen molar-refractivity contribution < 1.29 is 9.53 Å². The van der Waals surface area contributed by atoms with Crippen LogP contribution in [0.15, 0.2) is 4.99 Å². The van der Waals surface area contributed by atoms with E-state index in [0.717, 1.165) is 44.4 Å². The molecule has 1 aliphatic heterocycles. The summed E-state index contributed by atoms with van der Waals surface area (Å²) >= 11 is 0. The first-order chi connectivity index (χ1) is 13.1. The molecule has 0 unspecified atom stereocenters. The fourth-order valence-corrected chi connectivity index (χ4v) is 4.46. The third kappa shape index (κ3) is 6.37. The monoisotopic (exact) mass is 378 g/mol. The highest BCUT2D eigenvalue weighted by Crippen LogP contribution is 2.26. The number of carbonyl (C=O) groups excluding carboxylic acids is 1. The van der Waals surface area contributed by atoms with Crippen LogP contribution in [0, 0.1) is 5.92 Å². The van der Waals surface area contributed by atoms with Crippen LogP contribution in [0.25, 0.3) is 0 Å². The summed E-state index contributed by atoms with van der Waals surface area (Å²) < 4.78 is 6.21. The van der Waals surface area contributed by atoms with E-state index in [0.29, 0.717) is 12.1 Å². The van der Waals surface area contributed by atoms with Crippen molar-refractivity contribution in [3.8, 4) is 0 Å². The molecular formula is C21H38N4O2. The van der Waals surface area contributed by atoms with Crippen molar-refractivity contribution in [3.63, 3.8) is 0 Å². The number of hydrogen-bond acceptors (Lipinski definition) is 3. The summed E-state index contributed by atoms with van der Waals surface area (Å²) in [6.07, 6.45) is 13.0. The molecule has 1 heterocycles. The van der Waals surface area contributed by atoms with Crippen molar-refractivity contribution in [2.24, 2.45) is 10.9 Å². The van der Waals surface area contributed by atoms with Gasteiger partial charge in [-0.15, -0.1) is 0 Å². The number of likely N-dealkylation sites (tertiary alicyclic amines) is 1. The van der Waals surface area contributed by atoms with Gasteiger partial charge in [-0.05, 0) is 44.4 Å². The van der Waals surface area contributed by atoms with Crippen molar-refractivity contribution in [2.45, 2.75) is 76.4 Å². The van der Waals surface area contributed by atoms with Crippen LogP contribution in [0.5, 0.6) is 0 Å². The van der Waals surface area contributed by atoms with E-state index in [2.05, 4.69) is 15.2 Å². The zero-order valence-corrected chi connectivity index (χ0v) is 17.3. The molecule has 0 radical (unpaired) electrons. The second-order valence-electron chi connectivity index (χ2n) is 8.72. The number of nitrogens with zero attached hydrogens (tertiary/aromatic N) is 3. The van der Waals surface area contributed by atoms with E-state index in [1.165, 1.54) is 51.4 Å². The van der Waals surface area contributed by atoms with Gasteiger partial charge >= 0.3 is 0 Å². The van der Waals surface area contributed by atoms with Crippen LogP contribution < -0.4 is 5.32 Å². The van der Waals surface area contributed by atoms with Gasteiger partial charge in [0.05, 0.1) is 6.10 Å². The number of hydrogen-bond donors (Lipinski definition) is 1. The number of aliphatic imine (C=N–C) groups is 1. The molecule has 1 N–H and O–H groups in total. The Labute approximate surface area is 164 Å². The minimum Gasteiger partial charge on any atom is -0.378 e. The van der Waals surface area contributed by atoms with E-state index in [1.54, 1.807) is 19.0 Å². The van der Waals surface area contributed by atoms with Gasteiger partial charge in [0.15, 0.2) is 5.96 Å². The molecule has 0 bridgehead atoms. The van der Waals surface area contributed by atoms with E-state index in [9.17, 15) is 4.79 Å². The summed E-state index contributed by atoms with van der Waals surface area (Å²) in [5.74, 6) is 1.77. The lowest BCUT2D eigenvalue weighted by Crippen LogP contribution is -2.50. The molecule has 2 saturated carbocycles. The van der Waals surface area contributed by atoms with Crippen LogP contribution in [-0.4, -0.2) is 74.1 Å². The van der Waals surface area contributed by atoms with Crippen LogP contribution in [0.1, 0.15) is 64.2 Å². The Morgan fingerprint density at radius 2 is 1.67 bits per heavy atom. The third-order valence-electron chi connectivity index (χ3n) is 6.34. The lowest BCUT2D eigenvalue weighted by Gasteiger charge is -2.35. The lowest BCUT2D eigenvalue weighted by molar-refractivity contribution is -0.127. The Morgan fingerprint density at radius 1 is 1.04 bits per heavy atom. The average Bonchev–Trinajstić information content (AvgIpc) is 3.37. The summed E-state index contributed by atoms with van der Waals surface area (Å²) in [6, 6.07) is 0.509. The number of likely N-dealkylation sites (N-methyl/N-ethyl adjacent to an activating group) is 1. The summed E-state index contributed by atoms with van der Waals surface area (Å²) in [4.78, 5) is 20.6. The third-order valence-corrected chi connectivity index (χ3v) is 6.34. The first-order valence-electron chi connectivity index (χ1n) is 11.0. The van der Waals surface area contributed by atoms with Gasteiger partial charge in [0.2, 0.25) is 5.91 Å². The smallest absolute Gasteiger partial charge is 0.243 e. The normalized spacial score (nSPS) is 23.2. The van der Waals surface area contributed by atoms with Crippen molar-refractivity contribution in [3.05, 3.63) is 0 Å². The second-order valence-corrected chi connectivity index (χ2v) is 8.72. The van der Waals surface area contributed by atoms with Gasteiger partial charge in [-0.3, -0.25) is 4.79 Å². The highest BCUT2D eigenvalue weighted by atomic mass is 16.5. The molecular weight excluding hydrogens is 340 g/mol. The maximum Gasteiger partial charge on any atom is 0.243 e. The van der Waals surface area contributed by atoms with Crippen LogP contribution >= 0.6 is 0 Å². The SMILES string of the molecule is CN(C)C(=O)CN=C(NC1CCCC1)N1CCC(OCC2CCCC2)CC1. The van der Waals surface area contributed by atoms with Gasteiger partial charge in [0.25, 0.3) is 0 Å². The fraction of sp³-hybridized carbons (Fsp3) is 0.905. The Kier molecular flexibility index (Phi) is 7.80. The van der Waals surface area contributed by atoms with E-state index in [1.807, 2.05) is 0 Å². The Morgan fingerprint density at radius 3 is 2.30 bits per heavy atom. The van der Waals surface area contributed by atoms with Crippen LogP contribution in [0.4, 0.5) is 0 Å². The summed E-state index contributed by atoms with van der Waals surface area (Å²) in [5.41, 5.74) is 0. The van der Waals surface area contributed by atoms with Crippen molar-refractivity contribution in [2.75, 3.05) is 40.3 Å². The lowest BCUT2D eigenvalue weighted by atomic mass is 10.1. The first kappa shape index (κ1) is 20.4. The van der Waals surface area contributed by atoms with Gasteiger partial charge < -0.3 is 19.9 Å². The summed E-state index contributed by atoms with van der Waals surface area (Å²) in [7, 11) is 3.57. The molecule has 3 fully saturated rings. The zero-order chi connectivity index (χ0) is 19.1. The topological polar surface area (TPSA) is 57.2 Å². The molecule has 0 aromatic heterocycles. The van der Waals surface area contributed by atoms with Crippen molar-refractivity contribution >= 4 is 11.9 Å². The maximum absolute atomic E-state index is 12.0. The van der Waals surface area contributed by atoms with Gasteiger partial charge in [0.1, 0.15) is 6.54 Å². The molecule has 0 aromatic rings. The van der Waals surface area contributed by atoms with Crippen molar-refractivity contribution in [1.82, 2.24) is 15.1 Å². The number of piperidine rings is 1. The van der Waals surface area contributed by atoms with E-state index >= 15 is 0 Å². The Hall–Kier alpha value is -1.30. The molecule has 3 aliphatic rings. The van der Waals surface area contributed by atoms with Crippen molar-refractivity contribution in [1.29, 1.82) is 0 Å². The number of carbonyl (C=O) groups is 1. The van der Waals surface area contributed by atoms with Gasteiger partial charge in [0, 0.05) is 39.8 Å².